The summed E-state index contributed by atoms with van der Waals surface area (Å²) in [7, 11) is 0. The Morgan fingerprint density at radius 3 is 2.57 bits per heavy atom. The molecule has 1 N–H and O–H groups in total. The molecule has 1 heterocycles. The standard InChI is InChI=1S/C18H28N2O/c1-3-13-20(17-9-11-19-12-10-17)18(21)14-15(2)16-7-5-4-6-8-16/h4-8,15,17,19H,3,9-14H2,1-2H3. The fourth-order valence-corrected chi connectivity index (χ4v) is 3.15. The number of nitrogens with one attached hydrogen (secondary N) is 1. The Balaban J connectivity index is 1.97. The maximum absolute atomic E-state index is 12.7. The summed E-state index contributed by atoms with van der Waals surface area (Å²) in [5.74, 6) is 0.611. The van der Waals surface area contributed by atoms with Crippen LogP contribution >= 0.6 is 0 Å². The predicted octanol–water partition coefficient (Wildman–Crippen LogP) is 3.17. The smallest absolute Gasteiger partial charge is 0.223 e. The van der Waals surface area contributed by atoms with Crippen LogP contribution in [0.1, 0.15) is 51.0 Å². The second-order valence-corrected chi connectivity index (χ2v) is 6.08. The molecule has 2 rings (SSSR count). The quantitative estimate of drug-likeness (QED) is 0.872. The van der Waals surface area contributed by atoms with E-state index in [0.29, 0.717) is 24.3 Å². The molecule has 1 aliphatic rings. The summed E-state index contributed by atoms with van der Waals surface area (Å²) >= 11 is 0. The van der Waals surface area contributed by atoms with Crippen LogP contribution in [0.15, 0.2) is 30.3 Å². The van der Waals surface area contributed by atoms with Gasteiger partial charge in [0.05, 0.1) is 0 Å². The molecule has 0 saturated carbocycles. The molecule has 0 aromatic heterocycles. The minimum Gasteiger partial charge on any atom is -0.340 e. The summed E-state index contributed by atoms with van der Waals surface area (Å²) < 4.78 is 0. The molecule has 1 aromatic rings. The van der Waals surface area contributed by atoms with E-state index in [-0.39, 0.29) is 0 Å². The Kier molecular flexibility index (Phi) is 6.24. The summed E-state index contributed by atoms with van der Waals surface area (Å²) in [5, 5.41) is 3.38. The molecule has 1 amide bonds. The van der Waals surface area contributed by atoms with Crippen molar-refractivity contribution in [2.45, 2.75) is 51.5 Å². The fourth-order valence-electron chi connectivity index (χ4n) is 3.15. The van der Waals surface area contributed by atoms with E-state index in [9.17, 15) is 4.79 Å². The van der Waals surface area contributed by atoms with Gasteiger partial charge >= 0.3 is 0 Å². The number of carbonyl (C=O) groups is 1. The van der Waals surface area contributed by atoms with Gasteiger partial charge < -0.3 is 10.2 Å². The zero-order chi connectivity index (χ0) is 15.1. The zero-order valence-corrected chi connectivity index (χ0v) is 13.3. The van der Waals surface area contributed by atoms with Gasteiger partial charge in [-0.3, -0.25) is 4.79 Å². The molecule has 1 fully saturated rings. The summed E-state index contributed by atoms with van der Waals surface area (Å²) in [6.45, 7) is 7.27. The van der Waals surface area contributed by atoms with E-state index in [1.54, 1.807) is 0 Å². The molecule has 21 heavy (non-hydrogen) atoms. The molecule has 0 spiro atoms. The highest BCUT2D eigenvalue weighted by Gasteiger charge is 2.25. The lowest BCUT2D eigenvalue weighted by Gasteiger charge is -2.35. The molecule has 0 aliphatic carbocycles. The van der Waals surface area contributed by atoms with Gasteiger partial charge in [-0.2, -0.15) is 0 Å². The van der Waals surface area contributed by atoms with Crippen LogP contribution in [0, 0.1) is 0 Å². The van der Waals surface area contributed by atoms with Gasteiger partial charge in [-0.05, 0) is 43.8 Å². The molecule has 0 bridgehead atoms. The van der Waals surface area contributed by atoms with Gasteiger partial charge in [-0.15, -0.1) is 0 Å². The SMILES string of the molecule is CCCN(C(=O)CC(C)c1ccccc1)C1CCNCC1. The number of nitrogens with zero attached hydrogens (tertiary/aromatic N) is 1. The first-order valence-electron chi connectivity index (χ1n) is 8.27. The Hall–Kier alpha value is -1.35. The molecule has 1 saturated heterocycles. The van der Waals surface area contributed by atoms with Crippen LogP contribution in [0.25, 0.3) is 0 Å². The first-order chi connectivity index (χ1) is 10.2. The predicted molar refractivity (Wildman–Crippen MR) is 87.4 cm³/mol. The molecule has 3 nitrogen and oxygen atoms in total. The van der Waals surface area contributed by atoms with Crippen LogP contribution in [0.4, 0.5) is 0 Å². The maximum Gasteiger partial charge on any atom is 0.223 e. The third kappa shape index (κ3) is 4.57. The van der Waals surface area contributed by atoms with E-state index in [1.165, 1.54) is 5.56 Å². The minimum atomic E-state index is 0.291. The average Bonchev–Trinajstić information content (AvgIpc) is 2.54. The van der Waals surface area contributed by atoms with Crippen LogP contribution < -0.4 is 5.32 Å². The number of rotatable bonds is 6. The van der Waals surface area contributed by atoms with Gasteiger partial charge in [0.1, 0.15) is 0 Å². The largest absolute Gasteiger partial charge is 0.340 e. The van der Waals surface area contributed by atoms with Crippen LogP contribution in [0.2, 0.25) is 0 Å². The molecular formula is C18H28N2O. The number of hydrogen-bond donors (Lipinski definition) is 1. The molecule has 1 aliphatic heterocycles. The molecule has 1 atom stereocenters. The molecule has 0 radical (unpaired) electrons. The Morgan fingerprint density at radius 1 is 1.29 bits per heavy atom. The van der Waals surface area contributed by atoms with Crippen molar-refractivity contribution < 1.29 is 4.79 Å². The highest BCUT2D eigenvalue weighted by Crippen LogP contribution is 2.22. The van der Waals surface area contributed by atoms with Crippen molar-refractivity contribution in [1.82, 2.24) is 10.2 Å². The summed E-state index contributed by atoms with van der Waals surface area (Å²) in [6.07, 6.45) is 3.83. The summed E-state index contributed by atoms with van der Waals surface area (Å²) in [4.78, 5) is 14.9. The van der Waals surface area contributed by atoms with Gasteiger partial charge in [0.15, 0.2) is 0 Å². The Morgan fingerprint density at radius 2 is 1.95 bits per heavy atom. The lowest BCUT2D eigenvalue weighted by atomic mass is 9.96. The van der Waals surface area contributed by atoms with E-state index in [4.69, 9.17) is 0 Å². The Labute approximate surface area is 128 Å². The van der Waals surface area contributed by atoms with E-state index < -0.39 is 0 Å². The van der Waals surface area contributed by atoms with Gasteiger partial charge in [0.25, 0.3) is 0 Å². The monoisotopic (exact) mass is 288 g/mol. The van der Waals surface area contributed by atoms with E-state index in [1.807, 2.05) is 18.2 Å². The highest BCUT2D eigenvalue weighted by atomic mass is 16.2. The summed E-state index contributed by atoms with van der Waals surface area (Å²) in [6, 6.07) is 10.8. The molecule has 116 valence electrons. The normalized spacial score (nSPS) is 17.4. The third-order valence-corrected chi connectivity index (χ3v) is 4.38. The van der Waals surface area contributed by atoms with Crippen molar-refractivity contribution in [2.75, 3.05) is 19.6 Å². The van der Waals surface area contributed by atoms with E-state index in [2.05, 4.69) is 36.2 Å². The summed E-state index contributed by atoms with van der Waals surface area (Å²) in [5.41, 5.74) is 1.26. The van der Waals surface area contributed by atoms with Crippen molar-refractivity contribution >= 4 is 5.91 Å². The van der Waals surface area contributed by atoms with Crippen LogP contribution in [-0.2, 0) is 4.79 Å². The highest BCUT2D eigenvalue weighted by molar-refractivity contribution is 5.77. The van der Waals surface area contributed by atoms with Crippen LogP contribution in [-0.4, -0.2) is 36.5 Å². The van der Waals surface area contributed by atoms with Crippen molar-refractivity contribution in [3.63, 3.8) is 0 Å². The van der Waals surface area contributed by atoms with Crippen molar-refractivity contribution in [1.29, 1.82) is 0 Å². The van der Waals surface area contributed by atoms with Crippen molar-refractivity contribution in [3.05, 3.63) is 35.9 Å². The average molecular weight is 288 g/mol. The molecule has 3 heteroatoms. The number of amides is 1. The lowest BCUT2D eigenvalue weighted by Crippen LogP contribution is -2.46. The minimum absolute atomic E-state index is 0.291. The second-order valence-electron chi connectivity index (χ2n) is 6.08. The molecule has 1 unspecified atom stereocenters. The zero-order valence-electron chi connectivity index (χ0n) is 13.3. The van der Waals surface area contributed by atoms with Gasteiger partial charge in [0.2, 0.25) is 5.91 Å². The maximum atomic E-state index is 12.7. The van der Waals surface area contributed by atoms with Crippen LogP contribution in [0.5, 0.6) is 0 Å². The van der Waals surface area contributed by atoms with Crippen LogP contribution in [0.3, 0.4) is 0 Å². The fraction of sp³-hybridized carbons (Fsp3) is 0.611. The Bertz CT molecular complexity index is 426. The molecule has 1 aromatic carbocycles. The number of carbonyl (C=O) groups excluding carboxylic acids is 1. The number of benzene rings is 1. The van der Waals surface area contributed by atoms with E-state index >= 15 is 0 Å². The topological polar surface area (TPSA) is 32.3 Å². The van der Waals surface area contributed by atoms with Crippen molar-refractivity contribution in [3.8, 4) is 0 Å². The van der Waals surface area contributed by atoms with Gasteiger partial charge in [-0.1, -0.05) is 44.2 Å². The first kappa shape index (κ1) is 16.0. The molecular weight excluding hydrogens is 260 g/mol. The van der Waals surface area contributed by atoms with E-state index in [0.717, 1.165) is 38.9 Å². The van der Waals surface area contributed by atoms with Crippen molar-refractivity contribution in [2.24, 2.45) is 0 Å². The first-order valence-corrected chi connectivity index (χ1v) is 8.27. The number of hydrogen-bond acceptors (Lipinski definition) is 2. The van der Waals surface area contributed by atoms with Gasteiger partial charge in [0, 0.05) is 19.0 Å². The second kappa shape index (κ2) is 8.18. The van der Waals surface area contributed by atoms with Gasteiger partial charge in [-0.25, -0.2) is 0 Å². The lowest BCUT2D eigenvalue weighted by molar-refractivity contribution is -0.134. The number of piperidine rings is 1. The third-order valence-electron chi connectivity index (χ3n) is 4.38.